The number of carbonyl (C=O) groups excluding carboxylic acids is 3. The number of likely N-dealkylation sites (tertiary alicyclic amines) is 1. The van der Waals surface area contributed by atoms with E-state index in [2.05, 4.69) is 10.6 Å². The molecule has 0 aromatic rings. The lowest BCUT2D eigenvalue weighted by Crippen LogP contribution is -2.57. The number of esters is 1. The van der Waals surface area contributed by atoms with Crippen molar-refractivity contribution in [3.8, 4) is 0 Å². The Hall–Kier alpha value is -1.79. The van der Waals surface area contributed by atoms with Gasteiger partial charge in [0, 0.05) is 12.6 Å². The Morgan fingerprint density at radius 3 is 2.20 bits per heavy atom. The normalized spacial score (nSPS) is 19.3. The molecule has 7 nitrogen and oxygen atoms in total. The summed E-state index contributed by atoms with van der Waals surface area (Å²) < 4.78 is 5.15. The van der Waals surface area contributed by atoms with Gasteiger partial charge in [0.05, 0.1) is 0 Å². The maximum atomic E-state index is 12.9. The van der Waals surface area contributed by atoms with Gasteiger partial charge in [0.2, 0.25) is 5.91 Å². The Bertz CT molecular complexity index is 505. The predicted octanol–water partition coefficient (Wildman–Crippen LogP) is 2.05. The third-order valence-corrected chi connectivity index (χ3v) is 4.04. The Labute approximate surface area is 150 Å². The fraction of sp³-hybridized carbons (Fsp3) is 0.833. The van der Waals surface area contributed by atoms with Crippen molar-refractivity contribution in [2.75, 3.05) is 13.1 Å². The third-order valence-electron chi connectivity index (χ3n) is 4.04. The zero-order valence-corrected chi connectivity index (χ0v) is 16.6. The van der Waals surface area contributed by atoms with Crippen molar-refractivity contribution in [1.82, 2.24) is 15.5 Å². The second-order valence-electron chi connectivity index (χ2n) is 8.74. The quantitative estimate of drug-likeness (QED) is 0.756. The van der Waals surface area contributed by atoms with E-state index in [0.29, 0.717) is 6.54 Å². The van der Waals surface area contributed by atoms with Crippen LogP contribution in [0.4, 0.5) is 4.79 Å². The van der Waals surface area contributed by atoms with E-state index >= 15 is 0 Å². The van der Waals surface area contributed by atoms with Crippen molar-refractivity contribution in [2.24, 2.45) is 5.41 Å². The molecule has 1 fully saturated rings. The van der Waals surface area contributed by atoms with Crippen LogP contribution in [-0.2, 0) is 14.3 Å². The lowest BCUT2D eigenvalue weighted by Gasteiger charge is -2.35. The van der Waals surface area contributed by atoms with Gasteiger partial charge in [0.25, 0.3) is 0 Å². The summed E-state index contributed by atoms with van der Waals surface area (Å²) in [5.74, 6) is -0.598. The summed E-state index contributed by atoms with van der Waals surface area (Å²) >= 11 is 0. The third kappa shape index (κ3) is 6.92. The number of hydrogen-bond acceptors (Lipinski definition) is 4. The van der Waals surface area contributed by atoms with Crippen LogP contribution in [0.25, 0.3) is 0 Å². The smallest absolute Gasteiger partial charge is 0.325 e. The van der Waals surface area contributed by atoms with E-state index in [-0.39, 0.29) is 18.5 Å². The summed E-state index contributed by atoms with van der Waals surface area (Å²) in [5, 5.41) is 5.19. The van der Waals surface area contributed by atoms with Gasteiger partial charge in [-0.05, 0) is 46.0 Å². The van der Waals surface area contributed by atoms with Crippen molar-refractivity contribution in [2.45, 2.75) is 79.0 Å². The van der Waals surface area contributed by atoms with Crippen LogP contribution in [0.1, 0.15) is 61.3 Å². The van der Waals surface area contributed by atoms with E-state index < -0.39 is 29.1 Å². The molecule has 0 bridgehead atoms. The molecule has 1 heterocycles. The Balaban J connectivity index is 2.65. The SMILES string of the molecule is CC1CCCN1C(=O)C(NC(=O)NCC(=O)OC(C)(C)C)C(C)(C)C. The number of nitrogens with zero attached hydrogens (tertiary/aromatic N) is 1. The van der Waals surface area contributed by atoms with Gasteiger partial charge in [-0.3, -0.25) is 9.59 Å². The number of rotatable bonds is 4. The molecule has 2 atom stereocenters. The van der Waals surface area contributed by atoms with Crippen molar-refractivity contribution < 1.29 is 19.1 Å². The summed E-state index contributed by atoms with van der Waals surface area (Å²) in [5.41, 5.74) is -1.05. The minimum atomic E-state index is -0.660. The van der Waals surface area contributed by atoms with Gasteiger partial charge in [-0.1, -0.05) is 20.8 Å². The van der Waals surface area contributed by atoms with Crippen molar-refractivity contribution in [3.05, 3.63) is 0 Å². The van der Waals surface area contributed by atoms with Gasteiger partial charge in [-0.15, -0.1) is 0 Å². The molecule has 0 aromatic heterocycles. The first-order valence-corrected chi connectivity index (χ1v) is 8.88. The van der Waals surface area contributed by atoms with E-state index in [9.17, 15) is 14.4 Å². The molecular formula is C18H33N3O4. The highest BCUT2D eigenvalue weighted by Crippen LogP contribution is 2.25. The molecule has 25 heavy (non-hydrogen) atoms. The zero-order valence-electron chi connectivity index (χ0n) is 16.6. The summed E-state index contributed by atoms with van der Waals surface area (Å²) in [6.45, 7) is 13.5. The lowest BCUT2D eigenvalue weighted by atomic mass is 9.85. The van der Waals surface area contributed by atoms with Gasteiger partial charge in [0.1, 0.15) is 18.2 Å². The van der Waals surface area contributed by atoms with E-state index in [0.717, 1.165) is 12.8 Å². The Morgan fingerprint density at radius 2 is 1.76 bits per heavy atom. The molecule has 0 aliphatic carbocycles. The molecule has 2 N–H and O–H groups in total. The molecule has 2 unspecified atom stereocenters. The standard InChI is InChI=1S/C18H33N3O4/c1-12-9-8-10-21(12)15(23)14(17(2,3)4)20-16(24)19-11-13(22)25-18(5,6)7/h12,14H,8-11H2,1-7H3,(H2,19,20,24). The average Bonchev–Trinajstić information content (AvgIpc) is 2.85. The fourth-order valence-electron chi connectivity index (χ4n) is 2.79. The second kappa shape index (κ2) is 8.06. The number of hydrogen-bond donors (Lipinski definition) is 2. The topological polar surface area (TPSA) is 87.7 Å². The van der Waals surface area contributed by atoms with Crippen molar-refractivity contribution >= 4 is 17.9 Å². The van der Waals surface area contributed by atoms with Crippen LogP contribution in [0, 0.1) is 5.41 Å². The second-order valence-corrected chi connectivity index (χ2v) is 8.74. The largest absolute Gasteiger partial charge is 0.459 e. The molecule has 1 aliphatic heterocycles. The number of ether oxygens (including phenoxy) is 1. The van der Waals surface area contributed by atoms with Crippen LogP contribution in [0.3, 0.4) is 0 Å². The Kier molecular flexibility index (Phi) is 6.85. The molecule has 7 heteroatoms. The minimum absolute atomic E-state index is 0.0788. The highest BCUT2D eigenvalue weighted by molar-refractivity contribution is 5.89. The highest BCUT2D eigenvalue weighted by Gasteiger charge is 2.38. The first kappa shape index (κ1) is 21.3. The number of carbonyl (C=O) groups is 3. The lowest BCUT2D eigenvalue weighted by molar-refractivity contribution is -0.153. The molecule has 144 valence electrons. The molecular weight excluding hydrogens is 322 g/mol. The predicted molar refractivity (Wildman–Crippen MR) is 96.0 cm³/mol. The monoisotopic (exact) mass is 355 g/mol. The first-order valence-electron chi connectivity index (χ1n) is 8.88. The zero-order chi connectivity index (χ0) is 19.4. The molecule has 0 aromatic carbocycles. The maximum absolute atomic E-state index is 12.9. The van der Waals surface area contributed by atoms with Crippen LogP contribution in [0.15, 0.2) is 0 Å². The molecule has 0 saturated carbocycles. The van der Waals surface area contributed by atoms with E-state index in [1.165, 1.54) is 0 Å². The van der Waals surface area contributed by atoms with Crippen LogP contribution < -0.4 is 10.6 Å². The number of urea groups is 1. The molecule has 1 rings (SSSR count). The van der Waals surface area contributed by atoms with Crippen molar-refractivity contribution in [3.63, 3.8) is 0 Å². The van der Waals surface area contributed by atoms with Gasteiger partial charge >= 0.3 is 12.0 Å². The van der Waals surface area contributed by atoms with E-state index in [4.69, 9.17) is 4.74 Å². The van der Waals surface area contributed by atoms with Gasteiger partial charge in [-0.2, -0.15) is 0 Å². The van der Waals surface area contributed by atoms with Crippen LogP contribution in [0.5, 0.6) is 0 Å². The van der Waals surface area contributed by atoms with Crippen molar-refractivity contribution in [1.29, 1.82) is 0 Å². The van der Waals surface area contributed by atoms with Crippen LogP contribution in [-0.4, -0.2) is 53.6 Å². The molecule has 1 saturated heterocycles. The van der Waals surface area contributed by atoms with Gasteiger partial charge in [0.15, 0.2) is 0 Å². The Morgan fingerprint density at radius 1 is 1.16 bits per heavy atom. The van der Waals surface area contributed by atoms with Crippen LogP contribution in [0.2, 0.25) is 0 Å². The number of nitrogens with one attached hydrogen (secondary N) is 2. The summed E-state index contributed by atoms with van der Waals surface area (Å²) in [6.07, 6.45) is 1.96. The average molecular weight is 355 g/mol. The van der Waals surface area contributed by atoms with E-state index in [1.54, 1.807) is 20.8 Å². The van der Waals surface area contributed by atoms with E-state index in [1.807, 2.05) is 32.6 Å². The minimum Gasteiger partial charge on any atom is -0.459 e. The molecule has 0 radical (unpaired) electrons. The fourth-order valence-corrected chi connectivity index (χ4v) is 2.79. The maximum Gasteiger partial charge on any atom is 0.325 e. The summed E-state index contributed by atoms with van der Waals surface area (Å²) in [7, 11) is 0. The van der Waals surface area contributed by atoms with Crippen LogP contribution >= 0.6 is 0 Å². The summed E-state index contributed by atoms with van der Waals surface area (Å²) in [4.78, 5) is 38.5. The summed E-state index contributed by atoms with van der Waals surface area (Å²) in [6, 6.07) is -1.03. The highest BCUT2D eigenvalue weighted by atomic mass is 16.6. The molecule has 1 aliphatic rings. The number of amides is 3. The molecule has 0 spiro atoms. The first-order chi connectivity index (χ1) is 11.3. The van der Waals surface area contributed by atoms with Gasteiger partial charge < -0.3 is 20.3 Å². The molecule has 3 amide bonds. The van der Waals surface area contributed by atoms with Gasteiger partial charge in [-0.25, -0.2) is 4.79 Å².